The van der Waals surface area contributed by atoms with Crippen molar-refractivity contribution in [1.82, 2.24) is 5.32 Å². The van der Waals surface area contributed by atoms with Gasteiger partial charge in [0.05, 0.1) is 14.2 Å². The highest BCUT2D eigenvalue weighted by Crippen LogP contribution is 2.22. The molecule has 0 atom stereocenters. The number of benzene rings is 1. The molecule has 0 fully saturated rings. The van der Waals surface area contributed by atoms with Gasteiger partial charge < -0.3 is 19.9 Å². The molecular weight excluding hydrogens is 230 g/mol. The summed E-state index contributed by atoms with van der Waals surface area (Å²) in [6.45, 7) is 5.68. The smallest absolute Gasteiger partial charge is 0.122 e. The van der Waals surface area contributed by atoms with E-state index in [1.807, 2.05) is 32.0 Å². The van der Waals surface area contributed by atoms with Gasteiger partial charge in [0.15, 0.2) is 0 Å². The quantitative estimate of drug-likeness (QED) is 0.778. The van der Waals surface area contributed by atoms with Gasteiger partial charge in [-0.3, -0.25) is 0 Å². The van der Waals surface area contributed by atoms with Crippen LogP contribution in [0.2, 0.25) is 0 Å². The molecule has 0 amide bonds. The summed E-state index contributed by atoms with van der Waals surface area (Å²) in [5, 5.41) is 12.5. The highest BCUT2D eigenvalue weighted by molar-refractivity contribution is 5.38. The maximum Gasteiger partial charge on any atom is 0.122 e. The molecule has 4 nitrogen and oxygen atoms in total. The Morgan fingerprint density at radius 2 is 1.67 bits per heavy atom. The Morgan fingerprint density at radius 1 is 1.11 bits per heavy atom. The van der Waals surface area contributed by atoms with Gasteiger partial charge in [-0.1, -0.05) is 13.8 Å². The molecule has 0 aliphatic heterocycles. The molecule has 102 valence electrons. The van der Waals surface area contributed by atoms with Gasteiger partial charge in [-0.05, 0) is 17.7 Å². The van der Waals surface area contributed by atoms with Crippen LogP contribution in [-0.2, 0) is 6.54 Å². The van der Waals surface area contributed by atoms with Crippen LogP contribution in [0.3, 0.4) is 0 Å². The Kier molecular flexibility index (Phi) is 5.44. The van der Waals surface area contributed by atoms with Gasteiger partial charge in [-0.25, -0.2) is 0 Å². The molecule has 0 bridgehead atoms. The minimum Gasteiger partial charge on any atom is -0.497 e. The number of ether oxygens (including phenoxy) is 2. The van der Waals surface area contributed by atoms with E-state index in [-0.39, 0.29) is 12.0 Å². The van der Waals surface area contributed by atoms with Crippen molar-refractivity contribution in [2.45, 2.75) is 20.4 Å². The molecule has 0 unspecified atom stereocenters. The van der Waals surface area contributed by atoms with Crippen LogP contribution >= 0.6 is 0 Å². The summed E-state index contributed by atoms with van der Waals surface area (Å²) in [6.07, 6.45) is 0. The highest BCUT2D eigenvalue weighted by Gasteiger charge is 2.15. The van der Waals surface area contributed by atoms with E-state index in [0.717, 1.165) is 30.2 Å². The first-order valence-electron chi connectivity index (χ1n) is 6.04. The predicted octanol–water partition coefficient (Wildman–Crippen LogP) is 1.81. The molecule has 2 N–H and O–H groups in total. The molecule has 0 aromatic heterocycles. The van der Waals surface area contributed by atoms with Crippen molar-refractivity contribution in [3.8, 4) is 11.5 Å². The van der Waals surface area contributed by atoms with Crippen molar-refractivity contribution >= 4 is 0 Å². The fourth-order valence-corrected chi connectivity index (χ4v) is 1.57. The minimum absolute atomic E-state index is 0.108. The zero-order valence-electron chi connectivity index (χ0n) is 11.6. The lowest BCUT2D eigenvalue weighted by atomic mass is 9.95. The van der Waals surface area contributed by atoms with Crippen LogP contribution in [-0.4, -0.2) is 32.5 Å². The monoisotopic (exact) mass is 253 g/mol. The van der Waals surface area contributed by atoms with E-state index in [1.54, 1.807) is 14.2 Å². The highest BCUT2D eigenvalue weighted by atomic mass is 16.5. The zero-order valence-corrected chi connectivity index (χ0v) is 11.6. The lowest BCUT2D eigenvalue weighted by molar-refractivity contribution is 0.156. The van der Waals surface area contributed by atoms with E-state index in [4.69, 9.17) is 9.47 Å². The van der Waals surface area contributed by atoms with Crippen LogP contribution in [0.15, 0.2) is 18.2 Å². The SMILES string of the molecule is COc1cc(CNCC(C)(C)CO)cc(OC)c1. The lowest BCUT2D eigenvalue weighted by Crippen LogP contribution is -2.31. The normalized spacial score (nSPS) is 11.4. The van der Waals surface area contributed by atoms with Gasteiger partial charge in [0, 0.05) is 31.2 Å². The first-order chi connectivity index (χ1) is 8.50. The van der Waals surface area contributed by atoms with E-state index in [1.165, 1.54) is 0 Å². The fourth-order valence-electron chi connectivity index (χ4n) is 1.57. The van der Waals surface area contributed by atoms with Crippen molar-refractivity contribution < 1.29 is 14.6 Å². The van der Waals surface area contributed by atoms with Crippen molar-refractivity contribution in [1.29, 1.82) is 0 Å². The van der Waals surface area contributed by atoms with Crippen LogP contribution in [0, 0.1) is 5.41 Å². The molecule has 1 aromatic rings. The molecule has 0 aliphatic rings. The Labute approximate surface area is 109 Å². The van der Waals surface area contributed by atoms with Crippen LogP contribution in [0.5, 0.6) is 11.5 Å². The number of nitrogens with one attached hydrogen (secondary N) is 1. The summed E-state index contributed by atoms with van der Waals surface area (Å²) in [6, 6.07) is 5.80. The maximum absolute atomic E-state index is 9.18. The number of hydrogen-bond donors (Lipinski definition) is 2. The number of methoxy groups -OCH3 is 2. The van der Waals surface area contributed by atoms with Crippen molar-refractivity contribution in [3.63, 3.8) is 0 Å². The molecule has 0 saturated heterocycles. The molecule has 1 rings (SSSR count). The van der Waals surface area contributed by atoms with Gasteiger partial charge in [0.1, 0.15) is 11.5 Å². The van der Waals surface area contributed by atoms with Gasteiger partial charge in [-0.15, -0.1) is 0 Å². The largest absolute Gasteiger partial charge is 0.497 e. The Balaban J connectivity index is 2.61. The second-order valence-electron chi connectivity index (χ2n) is 5.15. The Bertz CT molecular complexity index is 355. The predicted molar refractivity (Wildman–Crippen MR) is 72.1 cm³/mol. The van der Waals surface area contributed by atoms with Crippen LogP contribution < -0.4 is 14.8 Å². The van der Waals surface area contributed by atoms with Gasteiger partial charge in [0.25, 0.3) is 0 Å². The van der Waals surface area contributed by atoms with Crippen molar-refractivity contribution in [3.05, 3.63) is 23.8 Å². The zero-order chi connectivity index (χ0) is 13.6. The summed E-state index contributed by atoms with van der Waals surface area (Å²) < 4.78 is 10.4. The third-order valence-corrected chi connectivity index (χ3v) is 2.77. The van der Waals surface area contributed by atoms with Crippen molar-refractivity contribution in [2.75, 3.05) is 27.4 Å². The van der Waals surface area contributed by atoms with E-state index in [2.05, 4.69) is 5.32 Å². The Hall–Kier alpha value is -1.26. The van der Waals surface area contributed by atoms with Gasteiger partial charge in [0.2, 0.25) is 0 Å². The summed E-state index contributed by atoms with van der Waals surface area (Å²) >= 11 is 0. The first-order valence-corrected chi connectivity index (χ1v) is 6.04. The lowest BCUT2D eigenvalue weighted by Gasteiger charge is -2.22. The molecule has 0 heterocycles. The summed E-state index contributed by atoms with van der Waals surface area (Å²) in [5.74, 6) is 1.57. The number of rotatable bonds is 7. The molecule has 4 heteroatoms. The average molecular weight is 253 g/mol. The standard InChI is InChI=1S/C14H23NO3/c1-14(2,10-16)9-15-8-11-5-12(17-3)7-13(6-11)18-4/h5-7,15-16H,8-10H2,1-4H3. The summed E-state index contributed by atoms with van der Waals surface area (Å²) in [4.78, 5) is 0. The summed E-state index contributed by atoms with van der Waals surface area (Å²) in [5.41, 5.74) is 0.989. The molecule has 0 radical (unpaired) electrons. The maximum atomic E-state index is 9.18. The fraction of sp³-hybridized carbons (Fsp3) is 0.571. The molecule has 18 heavy (non-hydrogen) atoms. The van der Waals surface area contributed by atoms with Crippen LogP contribution in [0.25, 0.3) is 0 Å². The molecule has 0 spiro atoms. The van der Waals surface area contributed by atoms with E-state index in [0.29, 0.717) is 0 Å². The topological polar surface area (TPSA) is 50.7 Å². The number of hydrogen-bond acceptors (Lipinski definition) is 4. The van der Waals surface area contributed by atoms with Crippen molar-refractivity contribution in [2.24, 2.45) is 5.41 Å². The molecular formula is C14H23NO3. The van der Waals surface area contributed by atoms with Gasteiger partial charge in [-0.2, -0.15) is 0 Å². The number of aliphatic hydroxyl groups is 1. The minimum atomic E-state index is -0.108. The van der Waals surface area contributed by atoms with Gasteiger partial charge >= 0.3 is 0 Å². The Morgan fingerprint density at radius 3 is 2.11 bits per heavy atom. The number of aliphatic hydroxyl groups excluding tert-OH is 1. The molecule has 1 aromatic carbocycles. The summed E-state index contributed by atoms with van der Waals surface area (Å²) in [7, 11) is 3.28. The van der Waals surface area contributed by atoms with E-state index in [9.17, 15) is 5.11 Å². The second kappa shape index (κ2) is 6.61. The van der Waals surface area contributed by atoms with Crippen LogP contribution in [0.1, 0.15) is 19.4 Å². The second-order valence-corrected chi connectivity index (χ2v) is 5.15. The van der Waals surface area contributed by atoms with E-state index >= 15 is 0 Å². The van der Waals surface area contributed by atoms with E-state index < -0.39 is 0 Å². The first kappa shape index (κ1) is 14.8. The average Bonchev–Trinajstić information content (AvgIpc) is 2.38. The molecule has 0 aliphatic carbocycles. The molecule has 0 saturated carbocycles. The van der Waals surface area contributed by atoms with Crippen LogP contribution in [0.4, 0.5) is 0 Å². The third-order valence-electron chi connectivity index (χ3n) is 2.77. The third kappa shape index (κ3) is 4.55.